The van der Waals surface area contributed by atoms with Gasteiger partial charge in [0.2, 0.25) is 0 Å². The summed E-state index contributed by atoms with van der Waals surface area (Å²) >= 11 is 0. The zero-order valence-corrected chi connectivity index (χ0v) is 9.80. The second-order valence-electron chi connectivity index (χ2n) is 0.569. The second-order valence-corrected chi connectivity index (χ2v) is 0.569. The van der Waals surface area contributed by atoms with Gasteiger partial charge in [-0.1, -0.05) is 0 Å². The smallest absolute Gasteiger partial charge is 1.00 e. The van der Waals surface area contributed by atoms with Crippen molar-refractivity contribution in [2.45, 2.75) is 6.92 Å². The van der Waals surface area contributed by atoms with Crippen molar-refractivity contribution in [1.29, 1.82) is 0 Å². The van der Waals surface area contributed by atoms with Crippen LogP contribution in [-0.2, 0) is 19.5 Å². The average Bonchev–Trinajstić information content (AvgIpc) is 1.37. The number of hydrogen-bond donors (Lipinski definition) is 0. The van der Waals surface area contributed by atoms with Crippen LogP contribution in [0.3, 0.4) is 0 Å². The molecule has 0 rings (SSSR count). The van der Waals surface area contributed by atoms with Crippen LogP contribution >= 0.6 is 0 Å². The summed E-state index contributed by atoms with van der Waals surface area (Å²) in [5.41, 5.74) is 0. The Labute approximate surface area is 88.6 Å². The van der Waals surface area contributed by atoms with E-state index in [4.69, 9.17) is 0 Å². The van der Waals surface area contributed by atoms with Gasteiger partial charge in [0.05, 0.1) is 0 Å². The number of halogens is 2. The monoisotopic (exact) mass is 196 g/mol. The van der Waals surface area contributed by atoms with Gasteiger partial charge >= 0.3 is 38.3 Å². The van der Waals surface area contributed by atoms with E-state index >= 15 is 0 Å². The normalized spacial score (nSPS) is 4.62. The standard InChI is InChI=1S/C4H7.2ClH.Li.Zn/c1-3-4-2;;;;/h3-4H,1H2,2H3;2*1H;;/q-1;;;+1;+2/p-2. The predicted molar refractivity (Wildman–Crippen MR) is 20.2 cm³/mol. The molecule has 0 saturated carbocycles. The first-order valence-corrected chi connectivity index (χ1v) is 1.32. The summed E-state index contributed by atoms with van der Waals surface area (Å²) in [5.74, 6) is 0. The first-order chi connectivity index (χ1) is 1.91. The largest absolute Gasteiger partial charge is 2.00 e. The van der Waals surface area contributed by atoms with E-state index in [9.17, 15) is 0 Å². The number of hydrogen-bond acceptors (Lipinski definition) is 0. The van der Waals surface area contributed by atoms with Crippen LogP contribution in [-0.4, -0.2) is 0 Å². The fourth-order valence-corrected chi connectivity index (χ4v) is 0. The van der Waals surface area contributed by atoms with Crippen molar-refractivity contribution in [2.75, 3.05) is 0 Å². The molecule has 0 saturated heterocycles. The summed E-state index contributed by atoms with van der Waals surface area (Å²) in [6.45, 7) is 5.36. The van der Waals surface area contributed by atoms with Crippen LogP contribution in [0.25, 0.3) is 0 Å². The molecule has 0 spiro atoms. The number of allylic oxidation sites excluding steroid dienone is 2. The molecule has 0 N–H and O–H groups in total. The summed E-state index contributed by atoms with van der Waals surface area (Å²) in [7, 11) is 0. The van der Waals surface area contributed by atoms with Crippen molar-refractivity contribution >= 4 is 0 Å². The van der Waals surface area contributed by atoms with Crippen molar-refractivity contribution < 1.29 is 63.2 Å². The van der Waals surface area contributed by atoms with Crippen molar-refractivity contribution in [3.05, 3.63) is 19.1 Å². The summed E-state index contributed by atoms with van der Waals surface area (Å²) in [6.07, 6.45) is 3.64. The molecule has 40 valence electrons. The van der Waals surface area contributed by atoms with Crippen LogP contribution in [0.2, 0.25) is 0 Å². The minimum atomic E-state index is 0. The molecule has 0 heterocycles. The molecule has 0 aromatic rings. The van der Waals surface area contributed by atoms with E-state index in [-0.39, 0.29) is 63.2 Å². The third-order valence-electron chi connectivity index (χ3n) is 0.236. The molecule has 0 aromatic heterocycles. The summed E-state index contributed by atoms with van der Waals surface area (Å²) in [4.78, 5) is 0. The molecule has 0 radical (unpaired) electrons. The van der Waals surface area contributed by atoms with Crippen molar-refractivity contribution in [3.8, 4) is 0 Å². The fraction of sp³-hybridized carbons (Fsp3) is 0.250. The summed E-state index contributed by atoms with van der Waals surface area (Å²) in [5, 5.41) is 0. The maximum atomic E-state index is 3.42. The van der Waals surface area contributed by atoms with Gasteiger partial charge < -0.3 is 24.8 Å². The molecular weight excluding hydrogens is 191 g/mol. The van der Waals surface area contributed by atoms with E-state index < -0.39 is 0 Å². The van der Waals surface area contributed by atoms with Gasteiger partial charge in [-0.15, -0.1) is 6.92 Å². The molecule has 0 aromatic carbocycles. The van der Waals surface area contributed by atoms with Gasteiger partial charge in [0.15, 0.2) is 0 Å². The third-order valence-corrected chi connectivity index (χ3v) is 0.236. The van der Waals surface area contributed by atoms with Crippen LogP contribution in [0.1, 0.15) is 6.92 Å². The van der Waals surface area contributed by atoms with E-state index in [1.807, 2.05) is 13.0 Å². The maximum Gasteiger partial charge on any atom is 2.00 e. The molecule has 0 aliphatic heterocycles. The maximum absolute atomic E-state index is 3.42. The topological polar surface area (TPSA) is 0 Å². The van der Waals surface area contributed by atoms with E-state index in [2.05, 4.69) is 6.92 Å². The Balaban J connectivity index is -0.00000000750. The molecule has 0 fully saturated rings. The molecule has 0 amide bonds. The van der Waals surface area contributed by atoms with Crippen LogP contribution in [0.5, 0.6) is 0 Å². The molecule has 0 bridgehead atoms. The molecule has 4 heteroatoms. The Kier molecular flexibility index (Phi) is 170. The Bertz CT molecular complexity index is 29.2. The first-order valence-electron chi connectivity index (χ1n) is 1.32. The van der Waals surface area contributed by atoms with Gasteiger partial charge in [-0.2, -0.15) is 0 Å². The minimum absolute atomic E-state index is 0. The fourth-order valence-electron chi connectivity index (χ4n) is 0. The van der Waals surface area contributed by atoms with Crippen LogP contribution in [0.4, 0.5) is 0 Å². The molecule has 0 unspecified atom stereocenters. The van der Waals surface area contributed by atoms with Gasteiger partial charge in [0.25, 0.3) is 0 Å². The van der Waals surface area contributed by atoms with Gasteiger partial charge in [0.1, 0.15) is 0 Å². The zero-order chi connectivity index (χ0) is 3.41. The quantitative estimate of drug-likeness (QED) is 0.268. The van der Waals surface area contributed by atoms with Gasteiger partial charge in [-0.3, -0.25) is 0 Å². The molecule has 8 heavy (non-hydrogen) atoms. The van der Waals surface area contributed by atoms with Crippen molar-refractivity contribution in [1.82, 2.24) is 0 Å². The molecule has 0 atom stereocenters. The van der Waals surface area contributed by atoms with E-state index in [1.165, 1.54) is 0 Å². The Morgan fingerprint density at radius 2 is 1.38 bits per heavy atom. The average molecular weight is 198 g/mol. The van der Waals surface area contributed by atoms with Gasteiger partial charge in [0, 0.05) is 0 Å². The third kappa shape index (κ3) is 52.4. The van der Waals surface area contributed by atoms with E-state index in [0.717, 1.165) is 0 Å². The minimum Gasteiger partial charge on any atom is -1.00 e. The van der Waals surface area contributed by atoms with Crippen molar-refractivity contribution in [3.63, 3.8) is 0 Å². The van der Waals surface area contributed by atoms with E-state index in [1.54, 1.807) is 6.08 Å². The second kappa shape index (κ2) is 39.7. The van der Waals surface area contributed by atoms with Crippen LogP contribution < -0.4 is 43.7 Å². The number of rotatable bonds is 0. The Hall–Kier alpha value is 1.41. The van der Waals surface area contributed by atoms with E-state index in [0.29, 0.717) is 0 Å². The molecule has 0 aliphatic carbocycles. The molecule has 0 aliphatic rings. The first kappa shape index (κ1) is 34.2. The predicted octanol–water partition coefficient (Wildman–Crippen LogP) is -7.59. The van der Waals surface area contributed by atoms with Crippen LogP contribution in [0, 0.1) is 6.92 Å². The van der Waals surface area contributed by atoms with Crippen molar-refractivity contribution in [2.24, 2.45) is 0 Å². The Morgan fingerprint density at radius 1 is 1.25 bits per heavy atom. The molecule has 0 nitrogen and oxygen atoms in total. The molecular formula is C4H7Cl2LiZn. The van der Waals surface area contributed by atoms with Crippen LogP contribution in [0.15, 0.2) is 12.2 Å². The Morgan fingerprint density at radius 3 is 1.38 bits per heavy atom. The van der Waals surface area contributed by atoms with Gasteiger partial charge in [-0.05, 0) is 0 Å². The van der Waals surface area contributed by atoms with Gasteiger partial charge in [-0.25, -0.2) is 19.1 Å². The SMILES string of the molecule is [CH2-]C=CC.[Cl-].[Cl-].[Li+].[Zn+2]. The summed E-state index contributed by atoms with van der Waals surface area (Å²) in [6, 6.07) is 0. The summed E-state index contributed by atoms with van der Waals surface area (Å²) < 4.78 is 0. The zero-order valence-electron chi connectivity index (χ0n) is 5.32.